The SMILES string of the molecule is CC(C)c1ccccc1Oc1ncccc1C(=O)O. The number of aromatic carboxylic acids is 1. The smallest absolute Gasteiger partial charge is 0.341 e. The van der Waals surface area contributed by atoms with Gasteiger partial charge in [0.25, 0.3) is 0 Å². The maximum Gasteiger partial charge on any atom is 0.341 e. The second kappa shape index (κ2) is 5.52. The lowest BCUT2D eigenvalue weighted by Crippen LogP contribution is -2.02. The highest BCUT2D eigenvalue weighted by Crippen LogP contribution is 2.30. The maximum absolute atomic E-state index is 11.1. The summed E-state index contributed by atoms with van der Waals surface area (Å²) in [6.07, 6.45) is 1.51. The van der Waals surface area contributed by atoms with Crippen molar-refractivity contribution in [3.63, 3.8) is 0 Å². The molecule has 0 saturated heterocycles. The third-order valence-electron chi connectivity index (χ3n) is 2.75. The zero-order chi connectivity index (χ0) is 13.8. The van der Waals surface area contributed by atoms with Crippen molar-refractivity contribution < 1.29 is 14.6 Å². The van der Waals surface area contributed by atoms with Crippen molar-refractivity contribution in [1.82, 2.24) is 4.98 Å². The van der Waals surface area contributed by atoms with E-state index in [1.165, 1.54) is 12.3 Å². The second-order valence-corrected chi connectivity index (χ2v) is 4.46. The van der Waals surface area contributed by atoms with Gasteiger partial charge < -0.3 is 9.84 Å². The first-order valence-corrected chi connectivity index (χ1v) is 6.04. The van der Waals surface area contributed by atoms with E-state index in [0.29, 0.717) is 5.75 Å². The summed E-state index contributed by atoms with van der Waals surface area (Å²) >= 11 is 0. The summed E-state index contributed by atoms with van der Waals surface area (Å²) in [6.45, 7) is 4.11. The standard InChI is InChI=1S/C15H15NO3/c1-10(2)11-6-3-4-8-13(11)19-14-12(15(17)18)7-5-9-16-14/h3-10H,1-2H3,(H,17,18). The van der Waals surface area contributed by atoms with Gasteiger partial charge in [-0.25, -0.2) is 9.78 Å². The Balaban J connectivity index is 2.39. The Kier molecular flexibility index (Phi) is 3.80. The number of benzene rings is 1. The van der Waals surface area contributed by atoms with Crippen LogP contribution in [0.15, 0.2) is 42.6 Å². The molecule has 0 amide bonds. The number of hydrogen-bond acceptors (Lipinski definition) is 3. The molecule has 0 aliphatic carbocycles. The highest BCUT2D eigenvalue weighted by Gasteiger charge is 2.15. The largest absolute Gasteiger partial charge is 0.477 e. The summed E-state index contributed by atoms with van der Waals surface area (Å²) in [4.78, 5) is 15.1. The van der Waals surface area contributed by atoms with Gasteiger partial charge in [-0.15, -0.1) is 0 Å². The predicted molar refractivity (Wildman–Crippen MR) is 71.8 cm³/mol. The summed E-state index contributed by atoms with van der Waals surface area (Å²) in [5.41, 5.74) is 1.07. The van der Waals surface area contributed by atoms with Gasteiger partial charge in [-0.3, -0.25) is 0 Å². The minimum Gasteiger partial charge on any atom is -0.477 e. The van der Waals surface area contributed by atoms with Crippen LogP contribution in [0.4, 0.5) is 0 Å². The molecular formula is C15H15NO3. The van der Waals surface area contributed by atoms with Crippen molar-refractivity contribution in [3.05, 3.63) is 53.7 Å². The van der Waals surface area contributed by atoms with Gasteiger partial charge in [-0.05, 0) is 29.7 Å². The molecule has 4 heteroatoms. The van der Waals surface area contributed by atoms with E-state index >= 15 is 0 Å². The van der Waals surface area contributed by atoms with Crippen molar-refractivity contribution in [2.75, 3.05) is 0 Å². The van der Waals surface area contributed by atoms with Crippen LogP contribution in [0, 0.1) is 0 Å². The number of rotatable bonds is 4. The number of hydrogen-bond donors (Lipinski definition) is 1. The van der Waals surface area contributed by atoms with Crippen molar-refractivity contribution >= 4 is 5.97 Å². The normalized spacial score (nSPS) is 10.5. The number of carboxylic acids is 1. The minimum atomic E-state index is -1.05. The van der Waals surface area contributed by atoms with Gasteiger partial charge in [0, 0.05) is 6.20 Å². The Labute approximate surface area is 111 Å². The molecule has 1 aromatic heterocycles. The van der Waals surface area contributed by atoms with Gasteiger partial charge >= 0.3 is 5.97 Å². The van der Waals surface area contributed by atoms with E-state index in [2.05, 4.69) is 18.8 Å². The molecule has 0 saturated carbocycles. The topological polar surface area (TPSA) is 59.4 Å². The Hall–Kier alpha value is -2.36. The minimum absolute atomic E-state index is 0.0565. The Morgan fingerprint density at radius 3 is 2.63 bits per heavy atom. The maximum atomic E-state index is 11.1. The van der Waals surface area contributed by atoms with Crippen LogP contribution in [0.5, 0.6) is 11.6 Å². The number of aromatic nitrogens is 1. The molecule has 4 nitrogen and oxygen atoms in total. The number of carboxylic acid groups (broad SMARTS) is 1. The van der Waals surface area contributed by atoms with E-state index < -0.39 is 5.97 Å². The molecule has 0 radical (unpaired) electrons. The van der Waals surface area contributed by atoms with Gasteiger partial charge in [0.2, 0.25) is 5.88 Å². The van der Waals surface area contributed by atoms with Crippen molar-refractivity contribution in [3.8, 4) is 11.6 Å². The molecule has 2 rings (SSSR count). The first-order chi connectivity index (χ1) is 9.09. The lowest BCUT2D eigenvalue weighted by molar-refractivity contribution is 0.0693. The van der Waals surface area contributed by atoms with Crippen LogP contribution in [-0.4, -0.2) is 16.1 Å². The van der Waals surface area contributed by atoms with Gasteiger partial charge in [-0.2, -0.15) is 0 Å². The zero-order valence-electron chi connectivity index (χ0n) is 10.8. The van der Waals surface area contributed by atoms with Crippen LogP contribution in [0.1, 0.15) is 35.7 Å². The quantitative estimate of drug-likeness (QED) is 0.907. The van der Waals surface area contributed by atoms with Crippen LogP contribution in [0.2, 0.25) is 0 Å². The molecule has 0 bridgehead atoms. The molecule has 0 aliphatic rings. The first-order valence-electron chi connectivity index (χ1n) is 6.04. The van der Waals surface area contributed by atoms with Crippen molar-refractivity contribution in [2.24, 2.45) is 0 Å². The van der Waals surface area contributed by atoms with Crippen LogP contribution in [-0.2, 0) is 0 Å². The molecule has 0 aliphatic heterocycles. The Bertz CT molecular complexity index is 593. The van der Waals surface area contributed by atoms with Gasteiger partial charge in [0.05, 0.1) is 0 Å². The molecule has 1 aromatic carbocycles. The number of carbonyl (C=O) groups is 1. The molecule has 98 valence electrons. The summed E-state index contributed by atoms with van der Waals surface area (Å²) in [5, 5.41) is 9.10. The van der Waals surface area contributed by atoms with Gasteiger partial charge in [0.15, 0.2) is 0 Å². The molecule has 1 N–H and O–H groups in total. The number of nitrogens with zero attached hydrogens (tertiary/aromatic N) is 1. The lowest BCUT2D eigenvalue weighted by atomic mass is 10.0. The van der Waals surface area contributed by atoms with Crippen molar-refractivity contribution in [1.29, 1.82) is 0 Å². The average Bonchev–Trinajstić information content (AvgIpc) is 2.39. The second-order valence-electron chi connectivity index (χ2n) is 4.46. The van der Waals surface area contributed by atoms with Gasteiger partial charge in [0.1, 0.15) is 11.3 Å². The molecule has 2 aromatic rings. The summed E-state index contributed by atoms with van der Waals surface area (Å²) in [5.74, 6) is -0.0138. The fourth-order valence-corrected chi connectivity index (χ4v) is 1.79. The summed E-state index contributed by atoms with van der Waals surface area (Å²) in [6, 6.07) is 10.6. The van der Waals surface area contributed by atoms with Crippen LogP contribution < -0.4 is 4.74 Å². The number of pyridine rings is 1. The third-order valence-corrected chi connectivity index (χ3v) is 2.75. The van der Waals surface area contributed by atoms with Crippen LogP contribution in [0.25, 0.3) is 0 Å². The fourth-order valence-electron chi connectivity index (χ4n) is 1.79. The van der Waals surface area contributed by atoms with Crippen LogP contribution >= 0.6 is 0 Å². The van der Waals surface area contributed by atoms with E-state index in [1.807, 2.05) is 24.3 Å². The van der Waals surface area contributed by atoms with E-state index in [9.17, 15) is 4.79 Å². The number of para-hydroxylation sites is 1. The molecule has 0 fully saturated rings. The summed E-state index contributed by atoms with van der Waals surface area (Å²) in [7, 11) is 0. The Morgan fingerprint density at radius 2 is 1.95 bits per heavy atom. The summed E-state index contributed by atoms with van der Waals surface area (Å²) < 4.78 is 5.67. The van der Waals surface area contributed by atoms with E-state index in [4.69, 9.17) is 9.84 Å². The molecule has 0 unspecified atom stereocenters. The highest BCUT2D eigenvalue weighted by atomic mass is 16.5. The molecule has 0 spiro atoms. The monoisotopic (exact) mass is 257 g/mol. The zero-order valence-corrected chi connectivity index (χ0v) is 10.8. The molecule has 19 heavy (non-hydrogen) atoms. The highest BCUT2D eigenvalue weighted by molar-refractivity contribution is 5.90. The van der Waals surface area contributed by atoms with Crippen molar-refractivity contribution in [2.45, 2.75) is 19.8 Å². The van der Waals surface area contributed by atoms with E-state index in [1.54, 1.807) is 6.07 Å². The molecular weight excluding hydrogens is 242 g/mol. The Morgan fingerprint density at radius 1 is 1.21 bits per heavy atom. The molecule has 1 heterocycles. The fraction of sp³-hybridized carbons (Fsp3) is 0.200. The van der Waals surface area contributed by atoms with Gasteiger partial charge in [-0.1, -0.05) is 32.0 Å². The first kappa shape index (κ1) is 13.1. The van der Waals surface area contributed by atoms with E-state index in [0.717, 1.165) is 5.56 Å². The molecule has 0 atom stereocenters. The lowest BCUT2D eigenvalue weighted by Gasteiger charge is -2.13. The average molecular weight is 257 g/mol. The van der Waals surface area contributed by atoms with E-state index in [-0.39, 0.29) is 17.4 Å². The number of ether oxygens (including phenoxy) is 1. The van der Waals surface area contributed by atoms with Crippen LogP contribution in [0.3, 0.4) is 0 Å². The third kappa shape index (κ3) is 2.91. The predicted octanol–water partition coefficient (Wildman–Crippen LogP) is 3.70.